The Morgan fingerprint density at radius 3 is 2.61 bits per heavy atom. The number of benzene rings is 1. The number of fused-ring (bicyclic) bond motifs is 1. The average Bonchev–Trinajstić information content (AvgIpc) is 3.16. The van der Waals surface area contributed by atoms with Gasteiger partial charge in [0.25, 0.3) is 5.56 Å². The molecule has 0 aliphatic carbocycles. The number of rotatable bonds is 7. The number of hydrogen-bond donors (Lipinski definition) is 2. The lowest BCUT2D eigenvalue weighted by Gasteiger charge is -2.20. The van der Waals surface area contributed by atoms with E-state index in [1.54, 1.807) is 6.92 Å². The Bertz CT molecular complexity index is 1550. The van der Waals surface area contributed by atoms with E-state index in [0.29, 0.717) is 5.39 Å². The maximum atomic E-state index is 13.4. The number of alkyl halides is 3. The average molecular weight is 526 g/mol. The number of halogens is 4. The van der Waals surface area contributed by atoms with Crippen molar-refractivity contribution in [2.45, 2.75) is 39.3 Å². The van der Waals surface area contributed by atoms with Crippen molar-refractivity contribution >= 4 is 22.4 Å². The van der Waals surface area contributed by atoms with E-state index < -0.39 is 30.1 Å². The Morgan fingerprint density at radius 1 is 1.22 bits per heavy atom. The van der Waals surface area contributed by atoms with Crippen molar-refractivity contribution < 1.29 is 27.8 Å². The van der Waals surface area contributed by atoms with Crippen LogP contribution in [-0.4, -0.2) is 41.7 Å². The van der Waals surface area contributed by atoms with Crippen molar-refractivity contribution in [3.63, 3.8) is 0 Å². The first-order valence-electron chi connectivity index (χ1n) is 10.6. The van der Waals surface area contributed by atoms with E-state index in [1.807, 2.05) is 0 Å². The fourth-order valence-electron chi connectivity index (χ4n) is 3.44. The van der Waals surface area contributed by atoms with E-state index in [0.717, 1.165) is 17.7 Å². The molecule has 14 heteroatoms. The van der Waals surface area contributed by atoms with Gasteiger partial charge in [0.05, 0.1) is 16.1 Å². The highest BCUT2D eigenvalue weighted by Gasteiger charge is 2.38. The summed E-state index contributed by atoms with van der Waals surface area (Å²) in [6.07, 6.45) is -4.41. The Hall–Kier alpha value is -3.84. The largest absolute Gasteiger partial charge is 0.480 e. The van der Waals surface area contributed by atoms with Crippen LogP contribution in [0.3, 0.4) is 0 Å². The topological polar surface area (TPSA) is 124 Å². The number of H-pyrrole nitrogens is 1. The quantitative estimate of drug-likeness (QED) is 0.378. The monoisotopic (exact) mass is 525 g/mol. The number of aromatic amines is 1. The fraction of sp³-hybridized carbons (Fsp3) is 0.273. The maximum Gasteiger partial charge on any atom is 0.425 e. The van der Waals surface area contributed by atoms with Crippen LogP contribution in [0.25, 0.3) is 16.5 Å². The highest BCUT2D eigenvalue weighted by atomic mass is 35.5. The number of aliphatic hydroxyl groups excluding tert-OH is 1. The molecule has 1 atom stereocenters. The van der Waals surface area contributed by atoms with E-state index in [4.69, 9.17) is 21.1 Å². The van der Waals surface area contributed by atoms with Gasteiger partial charge in [0, 0.05) is 31.1 Å². The van der Waals surface area contributed by atoms with E-state index >= 15 is 0 Å². The molecule has 0 radical (unpaired) electrons. The van der Waals surface area contributed by atoms with Gasteiger partial charge >= 0.3 is 11.9 Å². The van der Waals surface area contributed by atoms with Crippen LogP contribution in [0.4, 0.5) is 13.2 Å². The predicted octanol–water partition coefficient (Wildman–Crippen LogP) is 3.56. The molecule has 0 aliphatic heterocycles. The number of nitrogens with one attached hydrogen (secondary N) is 1. The van der Waals surface area contributed by atoms with Crippen LogP contribution in [0, 0.1) is 0 Å². The third kappa shape index (κ3) is 4.79. The zero-order valence-corrected chi connectivity index (χ0v) is 19.6. The summed E-state index contributed by atoms with van der Waals surface area (Å²) in [5, 5.41) is 14.0. The first-order chi connectivity index (χ1) is 17.0. The Balaban J connectivity index is 1.95. The van der Waals surface area contributed by atoms with Crippen LogP contribution < -0.4 is 20.7 Å². The molecule has 4 aromatic rings. The van der Waals surface area contributed by atoms with Crippen molar-refractivity contribution in [1.82, 2.24) is 24.3 Å². The van der Waals surface area contributed by atoms with E-state index in [2.05, 4.69) is 15.1 Å². The normalized spacial score (nSPS) is 12.6. The molecule has 0 saturated carbocycles. The van der Waals surface area contributed by atoms with Crippen LogP contribution in [0.5, 0.6) is 17.4 Å². The van der Waals surface area contributed by atoms with Gasteiger partial charge in [-0.25, -0.2) is 9.78 Å². The van der Waals surface area contributed by atoms with Crippen molar-refractivity contribution in [3.05, 3.63) is 68.3 Å². The summed E-state index contributed by atoms with van der Waals surface area (Å²) in [5.74, 6) is -0.487. The lowest BCUT2D eigenvalue weighted by Crippen LogP contribution is -2.31. The van der Waals surface area contributed by atoms with Crippen LogP contribution >= 0.6 is 11.6 Å². The Kier molecular flexibility index (Phi) is 6.78. The van der Waals surface area contributed by atoms with Crippen molar-refractivity contribution in [2.24, 2.45) is 0 Å². The number of pyridine rings is 2. The molecule has 190 valence electrons. The summed E-state index contributed by atoms with van der Waals surface area (Å²) in [4.78, 5) is 31.0. The lowest BCUT2D eigenvalue weighted by molar-refractivity contribution is -0.189. The molecule has 0 amide bonds. The molecule has 0 bridgehead atoms. The van der Waals surface area contributed by atoms with Gasteiger partial charge in [-0.3, -0.25) is 9.36 Å². The second-order valence-electron chi connectivity index (χ2n) is 7.58. The van der Waals surface area contributed by atoms with Crippen LogP contribution in [-0.2, 0) is 13.2 Å². The van der Waals surface area contributed by atoms with Gasteiger partial charge in [0.2, 0.25) is 5.88 Å². The zero-order valence-electron chi connectivity index (χ0n) is 18.8. The molecule has 0 spiro atoms. The minimum absolute atomic E-state index is 0.0318. The Labute approximate surface area is 205 Å². The molecule has 0 fully saturated rings. The molecular weight excluding hydrogens is 507 g/mol. The second kappa shape index (κ2) is 9.66. The minimum Gasteiger partial charge on any atom is -0.480 e. The lowest BCUT2D eigenvalue weighted by atomic mass is 10.1. The van der Waals surface area contributed by atoms with Crippen molar-refractivity contribution in [1.29, 1.82) is 0 Å². The molecule has 0 saturated heterocycles. The standard InChI is InChI=1S/C22H19ClF3N5O5/c1-3-30-17(10-32)29-31(21(30)34)13-6-12-4-5-27-20(36-15-8-18(33)28-9-14(15)23)19(12)16(7-13)35-11(2)22(24,25)26/h4-9,11,32H,3,10H2,1-2H3,(H,28,33)/t11-/m0/s1. The zero-order chi connectivity index (χ0) is 26.2. The first kappa shape index (κ1) is 25.3. The summed E-state index contributed by atoms with van der Waals surface area (Å²) in [5.41, 5.74) is -1.04. The highest BCUT2D eigenvalue weighted by molar-refractivity contribution is 6.31. The van der Waals surface area contributed by atoms with Crippen molar-refractivity contribution in [3.8, 4) is 23.1 Å². The minimum atomic E-state index is -4.70. The molecule has 36 heavy (non-hydrogen) atoms. The number of nitrogens with zero attached hydrogens (tertiary/aromatic N) is 4. The molecule has 2 N–H and O–H groups in total. The molecule has 3 aromatic heterocycles. The molecule has 3 heterocycles. The number of hydrogen-bond acceptors (Lipinski definition) is 7. The molecular formula is C22H19ClF3N5O5. The van der Waals surface area contributed by atoms with Crippen LogP contribution in [0.15, 0.2) is 46.2 Å². The molecule has 0 unspecified atom stereocenters. The summed E-state index contributed by atoms with van der Waals surface area (Å²) >= 11 is 6.08. The van der Waals surface area contributed by atoms with Gasteiger partial charge in [0.1, 0.15) is 12.4 Å². The van der Waals surface area contributed by atoms with Crippen LogP contribution in [0.2, 0.25) is 5.02 Å². The predicted molar refractivity (Wildman–Crippen MR) is 123 cm³/mol. The smallest absolute Gasteiger partial charge is 0.425 e. The summed E-state index contributed by atoms with van der Waals surface area (Å²) < 4.78 is 53.3. The summed E-state index contributed by atoms with van der Waals surface area (Å²) in [7, 11) is 0. The van der Waals surface area contributed by atoms with Crippen molar-refractivity contribution in [2.75, 3.05) is 0 Å². The summed E-state index contributed by atoms with van der Waals surface area (Å²) in [6.45, 7) is 2.21. The van der Waals surface area contributed by atoms with Gasteiger partial charge in [-0.15, -0.1) is 5.10 Å². The first-order valence-corrected chi connectivity index (χ1v) is 10.9. The molecule has 0 aliphatic rings. The van der Waals surface area contributed by atoms with Gasteiger partial charge in [-0.1, -0.05) is 11.6 Å². The van der Waals surface area contributed by atoms with Crippen LogP contribution in [0.1, 0.15) is 19.7 Å². The van der Waals surface area contributed by atoms with Gasteiger partial charge < -0.3 is 19.6 Å². The van der Waals surface area contributed by atoms with Gasteiger partial charge in [-0.2, -0.15) is 17.9 Å². The number of aliphatic hydroxyl groups is 1. The number of aromatic nitrogens is 5. The summed E-state index contributed by atoms with van der Waals surface area (Å²) in [6, 6.07) is 5.20. The third-order valence-electron chi connectivity index (χ3n) is 5.23. The maximum absolute atomic E-state index is 13.4. The van der Waals surface area contributed by atoms with Gasteiger partial charge in [-0.05, 0) is 31.4 Å². The highest BCUT2D eigenvalue weighted by Crippen LogP contribution is 2.39. The molecule has 4 rings (SSSR count). The van der Waals surface area contributed by atoms with Gasteiger partial charge in [0.15, 0.2) is 17.7 Å². The van der Waals surface area contributed by atoms with E-state index in [-0.39, 0.29) is 45.8 Å². The second-order valence-corrected chi connectivity index (χ2v) is 7.99. The molecule has 1 aromatic carbocycles. The Morgan fingerprint density at radius 2 is 1.97 bits per heavy atom. The fourth-order valence-corrected chi connectivity index (χ4v) is 3.59. The number of ether oxygens (including phenoxy) is 2. The third-order valence-corrected chi connectivity index (χ3v) is 5.52. The van der Waals surface area contributed by atoms with E-state index in [9.17, 15) is 27.9 Å². The SMILES string of the molecule is CCn1c(CO)nn(-c2cc(O[C@@H](C)C(F)(F)F)c3c(Oc4cc(=O)[nH]cc4Cl)nccc3c2)c1=O. The molecule has 10 nitrogen and oxygen atoms in total. The van der Waals surface area contributed by atoms with E-state index in [1.165, 1.54) is 35.2 Å².